The van der Waals surface area contributed by atoms with Crippen LogP contribution in [0.15, 0.2) is 82.6 Å². The first-order valence-corrected chi connectivity index (χ1v) is 11.9. The minimum Gasteiger partial charge on any atom is -0.435 e. The molecule has 0 aliphatic carbocycles. The maximum atomic E-state index is 14.3. The highest BCUT2D eigenvalue weighted by atomic mass is 35.5. The zero-order valence-electron chi connectivity index (χ0n) is 17.9. The molecule has 0 saturated carbocycles. The highest BCUT2D eigenvalue weighted by molar-refractivity contribution is 8.26. The van der Waals surface area contributed by atoms with Crippen molar-refractivity contribution >= 4 is 57.5 Å². The van der Waals surface area contributed by atoms with Crippen molar-refractivity contribution in [2.75, 3.05) is 0 Å². The molecule has 1 aliphatic heterocycles. The molecule has 0 unspecified atom stereocenters. The zero-order chi connectivity index (χ0) is 24.5. The van der Waals surface area contributed by atoms with Gasteiger partial charge >= 0.3 is 0 Å². The molecule has 0 bridgehead atoms. The molecular formula is C25H15ClFN3O3S2. The quantitative estimate of drug-likeness (QED) is 0.248. The first kappa shape index (κ1) is 23.2. The minimum atomic E-state index is -0.612. The number of hydrogen-bond donors (Lipinski definition) is 0. The van der Waals surface area contributed by atoms with E-state index < -0.39 is 11.4 Å². The maximum Gasteiger partial charge on any atom is 0.269 e. The van der Waals surface area contributed by atoms with E-state index in [1.807, 2.05) is 12.1 Å². The Kier molecular flexibility index (Phi) is 6.38. The lowest BCUT2D eigenvalue weighted by Gasteiger charge is -2.15. The predicted molar refractivity (Wildman–Crippen MR) is 138 cm³/mol. The number of thioether (sulfide) groups is 1. The third-order valence-corrected chi connectivity index (χ3v) is 6.96. The molecule has 2 aromatic heterocycles. The van der Waals surface area contributed by atoms with Gasteiger partial charge in [0.1, 0.15) is 15.5 Å². The normalized spacial score (nSPS) is 14.8. The Hall–Kier alpha value is -3.53. The number of thiocarbonyl (C=S) groups is 1. The summed E-state index contributed by atoms with van der Waals surface area (Å²) in [6, 6.07) is 18.0. The van der Waals surface area contributed by atoms with E-state index >= 15 is 0 Å². The molecule has 10 heteroatoms. The number of carbonyl (C=O) groups is 1. The Labute approximate surface area is 213 Å². The summed E-state index contributed by atoms with van der Waals surface area (Å²) in [7, 11) is 0. The number of fused-ring (bicyclic) bond motifs is 1. The summed E-state index contributed by atoms with van der Waals surface area (Å²) in [5.74, 6) is -1.21. The van der Waals surface area contributed by atoms with Gasteiger partial charge in [0, 0.05) is 11.2 Å². The van der Waals surface area contributed by atoms with Crippen molar-refractivity contribution < 1.29 is 13.9 Å². The van der Waals surface area contributed by atoms with Crippen LogP contribution in [-0.4, -0.2) is 24.5 Å². The van der Waals surface area contributed by atoms with E-state index in [0.29, 0.717) is 15.0 Å². The summed E-state index contributed by atoms with van der Waals surface area (Å²) in [6.45, 7) is 0.190. The van der Waals surface area contributed by atoms with Gasteiger partial charge in [-0.1, -0.05) is 72.0 Å². The van der Waals surface area contributed by atoms with Crippen LogP contribution in [-0.2, 0) is 11.3 Å². The fourth-order valence-electron chi connectivity index (χ4n) is 3.48. The van der Waals surface area contributed by atoms with Gasteiger partial charge in [0.2, 0.25) is 5.88 Å². The summed E-state index contributed by atoms with van der Waals surface area (Å²) >= 11 is 12.7. The molecule has 0 N–H and O–H groups in total. The monoisotopic (exact) mass is 523 g/mol. The number of amides is 1. The second-order valence-corrected chi connectivity index (χ2v) is 9.54. The van der Waals surface area contributed by atoms with Crippen molar-refractivity contribution in [3.05, 3.63) is 110 Å². The zero-order valence-corrected chi connectivity index (χ0v) is 20.2. The average molecular weight is 524 g/mol. The molecule has 2 aromatic carbocycles. The minimum absolute atomic E-state index is 0.00445. The molecule has 35 heavy (non-hydrogen) atoms. The van der Waals surface area contributed by atoms with Gasteiger partial charge in [-0.05, 0) is 42.0 Å². The highest BCUT2D eigenvalue weighted by Gasteiger charge is 2.33. The van der Waals surface area contributed by atoms with Crippen molar-refractivity contribution in [3.63, 3.8) is 0 Å². The maximum absolute atomic E-state index is 14.3. The summed E-state index contributed by atoms with van der Waals surface area (Å²) in [5.41, 5.74) is 0.573. The van der Waals surface area contributed by atoms with Crippen LogP contribution >= 0.6 is 35.6 Å². The van der Waals surface area contributed by atoms with Crippen molar-refractivity contribution in [2.45, 2.75) is 6.54 Å². The second-order valence-electron chi connectivity index (χ2n) is 7.46. The summed E-state index contributed by atoms with van der Waals surface area (Å²) in [6.07, 6.45) is 2.94. The van der Waals surface area contributed by atoms with Crippen LogP contribution in [0.4, 0.5) is 4.39 Å². The number of pyridine rings is 1. The average Bonchev–Trinajstić information content (AvgIpc) is 3.11. The molecule has 174 valence electrons. The number of hydrogen-bond acceptors (Lipinski definition) is 6. The Morgan fingerprint density at radius 3 is 2.60 bits per heavy atom. The SMILES string of the molecule is O=C1/C(=C\c2c(Oc3ccccc3F)nc3ccccn3c2=O)SC(=S)N1Cc1ccccc1Cl. The van der Waals surface area contributed by atoms with Crippen LogP contribution in [0, 0.1) is 5.82 Å². The first-order chi connectivity index (χ1) is 16.9. The van der Waals surface area contributed by atoms with Gasteiger partial charge in [-0.2, -0.15) is 4.98 Å². The van der Waals surface area contributed by atoms with Gasteiger partial charge in [0.05, 0.1) is 11.4 Å². The molecule has 0 spiro atoms. The standard InChI is InChI=1S/C25H15ClFN3O3S2/c26-17-8-2-1-7-15(17)14-30-24(32)20(35-25(30)34)13-16-22(33-19-10-4-3-9-18(19)27)28-21-11-5-6-12-29(21)23(16)31/h1-13H,14H2/b20-13+. The van der Waals surface area contributed by atoms with Gasteiger partial charge in [-0.15, -0.1) is 0 Å². The molecule has 1 amide bonds. The first-order valence-electron chi connectivity index (χ1n) is 10.3. The van der Waals surface area contributed by atoms with Crippen LogP contribution in [0.25, 0.3) is 11.7 Å². The summed E-state index contributed by atoms with van der Waals surface area (Å²) in [4.78, 5) is 32.6. The van der Waals surface area contributed by atoms with Crippen molar-refractivity contribution in [1.82, 2.24) is 14.3 Å². The van der Waals surface area contributed by atoms with Crippen molar-refractivity contribution in [1.29, 1.82) is 0 Å². The molecule has 6 nitrogen and oxygen atoms in total. The molecule has 1 fully saturated rings. The highest BCUT2D eigenvalue weighted by Crippen LogP contribution is 2.35. The molecule has 1 saturated heterocycles. The molecule has 1 aliphatic rings. The fraction of sp³-hybridized carbons (Fsp3) is 0.0400. The van der Waals surface area contributed by atoms with E-state index in [9.17, 15) is 14.0 Å². The molecule has 5 rings (SSSR count). The third kappa shape index (κ3) is 4.58. The summed E-state index contributed by atoms with van der Waals surface area (Å²) in [5, 5.41) is 0.517. The van der Waals surface area contributed by atoms with E-state index in [4.69, 9.17) is 28.6 Å². The molecule has 3 heterocycles. The number of benzene rings is 2. The number of halogens is 2. The summed E-state index contributed by atoms with van der Waals surface area (Å²) < 4.78 is 21.6. The predicted octanol–water partition coefficient (Wildman–Crippen LogP) is 5.68. The van der Waals surface area contributed by atoms with Gasteiger partial charge in [0.25, 0.3) is 11.5 Å². The van der Waals surface area contributed by atoms with Crippen LogP contribution in [0.2, 0.25) is 5.02 Å². The second kappa shape index (κ2) is 9.61. The lowest BCUT2D eigenvalue weighted by atomic mass is 10.2. The number of ether oxygens (including phenoxy) is 1. The van der Waals surface area contributed by atoms with Gasteiger partial charge in [0.15, 0.2) is 11.6 Å². The van der Waals surface area contributed by atoms with Gasteiger partial charge in [-0.3, -0.25) is 18.9 Å². The molecule has 4 aromatic rings. The van der Waals surface area contributed by atoms with Crippen LogP contribution in [0.5, 0.6) is 11.6 Å². The number of aromatic nitrogens is 2. The molecular weight excluding hydrogens is 509 g/mol. The van der Waals surface area contributed by atoms with E-state index in [1.54, 1.807) is 42.6 Å². The Morgan fingerprint density at radius 1 is 1.06 bits per heavy atom. The third-order valence-electron chi connectivity index (χ3n) is 5.21. The van der Waals surface area contributed by atoms with E-state index in [2.05, 4.69) is 4.98 Å². The molecule has 0 radical (unpaired) electrons. The van der Waals surface area contributed by atoms with E-state index in [0.717, 1.165) is 17.3 Å². The Morgan fingerprint density at radius 2 is 1.80 bits per heavy atom. The van der Waals surface area contributed by atoms with Crippen LogP contribution in [0.3, 0.4) is 0 Å². The fourth-order valence-corrected chi connectivity index (χ4v) is 4.91. The topological polar surface area (TPSA) is 63.9 Å². The lowest BCUT2D eigenvalue weighted by Crippen LogP contribution is -2.27. The number of carbonyl (C=O) groups excluding carboxylic acids is 1. The lowest BCUT2D eigenvalue weighted by molar-refractivity contribution is -0.122. The van der Waals surface area contributed by atoms with Crippen LogP contribution in [0.1, 0.15) is 11.1 Å². The van der Waals surface area contributed by atoms with Gasteiger partial charge in [-0.25, -0.2) is 4.39 Å². The Balaban J connectivity index is 1.58. The van der Waals surface area contributed by atoms with E-state index in [-0.39, 0.29) is 34.6 Å². The Bertz CT molecular complexity index is 1590. The van der Waals surface area contributed by atoms with E-state index in [1.165, 1.54) is 33.6 Å². The number of rotatable bonds is 5. The van der Waals surface area contributed by atoms with Crippen molar-refractivity contribution in [2.24, 2.45) is 0 Å². The number of para-hydroxylation sites is 1. The van der Waals surface area contributed by atoms with Crippen LogP contribution < -0.4 is 10.3 Å². The number of nitrogens with zero attached hydrogens (tertiary/aromatic N) is 3. The smallest absolute Gasteiger partial charge is 0.269 e. The van der Waals surface area contributed by atoms with Crippen molar-refractivity contribution in [3.8, 4) is 11.6 Å². The largest absolute Gasteiger partial charge is 0.435 e. The molecule has 0 atom stereocenters. The van der Waals surface area contributed by atoms with Gasteiger partial charge < -0.3 is 4.74 Å².